The van der Waals surface area contributed by atoms with Crippen molar-refractivity contribution in [2.24, 2.45) is 0 Å². The van der Waals surface area contributed by atoms with E-state index >= 15 is 0 Å². The highest BCUT2D eigenvalue weighted by atomic mass is 35.5. The van der Waals surface area contributed by atoms with E-state index in [0.29, 0.717) is 33.6 Å². The summed E-state index contributed by atoms with van der Waals surface area (Å²) < 4.78 is 10.4. The fourth-order valence-electron chi connectivity index (χ4n) is 2.59. The molecule has 0 radical (unpaired) electrons. The van der Waals surface area contributed by atoms with Crippen LogP contribution in [0.4, 0.5) is 17.2 Å². The minimum Gasteiger partial charge on any atom is -0.493 e. The molecular weight excluding hydrogens is 378 g/mol. The molecule has 0 atom stereocenters. The van der Waals surface area contributed by atoms with E-state index in [1.54, 1.807) is 43.6 Å². The number of halogens is 1. The van der Waals surface area contributed by atoms with Crippen molar-refractivity contribution in [3.05, 3.63) is 70.9 Å². The van der Waals surface area contributed by atoms with Gasteiger partial charge in [-0.05, 0) is 55.0 Å². The fraction of sp³-hybridized carbons (Fsp3) is 0.143. The van der Waals surface area contributed by atoms with Crippen LogP contribution in [0, 0.1) is 6.92 Å². The van der Waals surface area contributed by atoms with E-state index in [1.165, 1.54) is 7.11 Å². The number of anilines is 3. The summed E-state index contributed by atoms with van der Waals surface area (Å²) in [6.45, 7) is 1.98. The summed E-state index contributed by atoms with van der Waals surface area (Å²) in [6.07, 6.45) is 1.58. The lowest BCUT2D eigenvalue weighted by Crippen LogP contribution is -2.12. The zero-order valence-electron chi connectivity index (χ0n) is 15.7. The van der Waals surface area contributed by atoms with E-state index in [-0.39, 0.29) is 5.91 Å². The maximum atomic E-state index is 12.5. The molecule has 2 N–H and O–H groups in total. The van der Waals surface area contributed by atoms with Crippen LogP contribution in [0.2, 0.25) is 5.02 Å². The number of nitrogens with zero attached hydrogens (tertiary/aromatic N) is 1. The van der Waals surface area contributed by atoms with Crippen LogP contribution in [-0.2, 0) is 0 Å². The number of hydrogen-bond donors (Lipinski definition) is 2. The molecule has 0 aliphatic rings. The van der Waals surface area contributed by atoms with E-state index in [9.17, 15) is 4.79 Å². The van der Waals surface area contributed by atoms with E-state index in [0.717, 1.165) is 11.3 Å². The Hall–Kier alpha value is -3.25. The first kappa shape index (κ1) is 19.5. The number of methoxy groups -OCH3 is 2. The van der Waals surface area contributed by atoms with Crippen LogP contribution in [0.1, 0.15) is 15.9 Å². The molecule has 2 aromatic carbocycles. The molecule has 144 valence electrons. The molecule has 0 bridgehead atoms. The van der Waals surface area contributed by atoms with E-state index in [1.807, 2.05) is 25.1 Å². The number of carbonyl (C=O) groups is 1. The van der Waals surface area contributed by atoms with Gasteiger partial charge < -0.3 is 20.1 Å². The molecule has 0 aliphatic carbocycles. The quantitative estimate of drug-likeness (QED) is 0.608. The minimum absolute atomic E-state index is 0.269. The van der Waals surface area contributed by atoms with E-state index in [2.05, 4.69) is 15.6 Å². The number of hydrogen-bond acceptors (Lipinski definition) is 5. The van der Waals surface area contributed by atoms with Gasteiger partial charge in [-0.1, -0.05) is 17.7 Å². The Balaban J connectivity index is 1.70. The predicted octanol–water partition coefficient (Wildman–Crippen LogP) is 5.06. The Morgan fingerprint density at radius 1 is 1.00 bits per heavy atom. The molecule has 0 aliphatic heterocycles. The molecule has 0 fully saturated rings. The molecule has 28 heavy (non-hydrogen) atoms. The summed E-state index contributed by atoms with van der Waals surface area (Å²) in [6, 6.07) is 14.1. The topological polar surface area (TPSA) is 72.5 Å². The van der Waals surface area contributed by atoms with Gasteiger partial charge in [-0.25, -0.2) is 4.98 Å². The Morgan fingerprint density at radius 2 is 1.79 bits per heavy atom. The van der Waals surface area contributed by atoms with Crippen molar-refractivity contribution in [1.29, 1.82) is 0 Å². The number of carbonyl (C=O) groups excluding carboxylic acids is 1. The second kappa shape index (κ2) is 8.63. The first-order valence-electron chi connectivity index (χ1n) is 8.53. The maximum absolute atomic E-state index is 12.5. The number of rotatable bonds is 6. The molecule has 3 rings (SSSR count). The lowest BCUT2D eigenvalue weighted by Gasteiger charge is -2.11. The molecule has 0 saturated carbocycles. The second-order valence-electron chi connectivity index (χ2n) is 6.04. The average molecular weight is 398 g/mol. The van der Waals surface area contributed by atoms with Gasteiger partial charge in [0, 0.05) is 16.3 Å². The summed E-state index contributed by atoms with van der Waals surface area (Å²) in [5, 5.41) is 6.67. The number of pyridine rings is 1. The molecule has 0 saturated heterocycles. The van der Waals surface area contributed by atoms with Gasteiger partial charge in [0.05, 0.1) is 26.1 Å². The first-order chi connectivity index (χ1) is 13.5. The van der Waals surface area contributed by atoms with Crippen molar-refractivity contribution in [3.63, 3.8) is 0 Å². The van der Waals surface area contributed by atoms with Gasteiger partial charge in [0.1, 0.15) is 5.82 Å². The predicted molar refractivity (Wildman–Crippen MR) is 111 cm³/mol. The van der Waals surface area contributed by atoms with Gasteiger partial charge >= 0.3 is 0 Å². The molecule has 0 spiro atoms. The van der Waals surface area contributed by atoms with Crippen LogP contribution in [0.15, 0.2) is 54.7 Å². The van der Waals surface area contributed by atoms with Crippen molar-refractivity contribution >= 4 is 34.7 Å². The monoisotopic (exact) mass is 397 g/mol. The van der Waals surface area contributed by atoms with Crippen LogP contribution < -0.4 is 20.1 Å². The average Bonchev–Trinajstić information content (AvgIpc) is 2.71. The standard InChI is InChI=1S/C21H20ClN3O3/c1-13-4-6-15(22)11-17(13)25-20-9-7-16(12-23-20)24-21(26)14-5-8-18(27-2)19(10-14)28-3/h4-12H,1-3H3,(H,23,25)(H,24,26). The van der Waals surface area contributed by atoms with Crippen molar-refractivity contribution in [2.75, 3.05) is 24.9 Å². The van der Waals surface area contributed by atoms with Crippen LogP contribution >= 0.6 is 11.6 Å². The SMILES string of the molecule is COc1ccc(C(=O)Nc2ccc(Nc3cc(Cl)ccc3C)nc2)cc1OC. The number of nitrogens with one attached hydrogen (secondary N) is 2. The van der Waals surface area contributed by atoms with Crippen LogP contribution in [0.5, 0.6) is 11.5 Å². The highest BCUT2D eigenvalue weighted by molar-refractivity contribution is 6.30. The number of aromatic nitrogens is 1. The maximum Gasteiger partial charge on any atom is 0.255 e. The fourth-order valence-corrected chi connectivity index (χ4v) is 2.76. The molecule has 1 heterocycles. The third-order valence-corrected chi connectivity index (χ3v) is 4.36. The van der Waals surface area contributed by atoms with Gasteiger partial charge in [-0.3, -0.25) is 4.79 Å². The van der Waals surface area contributed by atoms with Gasteiger partial charge in [-0.15, -0.1) is 0 Å². The number of aryl methyl sites for hydroxylation is 1. The Bertz CT molecular complexity index is 991. The van der Waals surface area contributed by atoms with Gasteiger partial charge in [0.25, 0.3) is 5.91 Å². The third kappa shape index (κ3) is 4.53. The van der Waals surface area contributed by atoms with E-state index in [4.69, 9.17) is 21.1 Å². The smallest absolute Gasteiger partial charge is 0.255 e. The molecule has 6 nitrogen and oxygen atoms in total. The summed E-state index contributed by atoms with van der Waals surface area (Å²) in [5.74, 6) is 1.43. The molecular formula is C21H20ClN3O3. The molecule has 1 aromatic heterocycles. The summed E-state index contributed by atoms with van der Waals surface area (Å²) >= 11 is 6.04. The molecule has 7 heteroatoms. The van der Waals surface area contributed by atoms with Gasteiger partial charge in [-0.2, -0.15) is 0 Å². The largest absolute Gasteiger partial charge is 0.493 e. The van der Waals surface area contributed by atoms with Gasteiger partial charge in [0.2, 0.25) is 0 Å². The Morgan fingerprint density at radius 3 is 2.46 bits per heavy atom. The number of amides is 1. The molecule has 3 aromatic rings. The van der Waals surface area contributed by atoms with Crippen molar-refractivity contribution < 1.29 is 14.3 Å². The normalized spacial score (nSPS) is 10.3. The Labute approximate surface area is 168 Å². The summed E-state index contributed by atoms with van der Waals surface area (Å²) in [5.41, 5.74) is 2.96. The van der Waals surface area contributed by atoms with Crippen LogP contribution in [-0.4, -0.2) is 25.1 Å². The minimum atomic E-state index is -0.269. The summed E-state index contributed by atoms with van der Waals surface area (Å²) in [7, 11) is 3.07. The second-order valence-corrected chi connectivity index (χ2v) is 6.48. The lowest BCUT2D eigenvalue weighted by atomic mass is 10.2. The number of benzene rings is 2. The Kier molecular flexibility index (Phi) is 6.01. The van der Waals surface area contributed by atoms with Crippen molar-refractivity contribution in [2.45, 2.75) is 6.92 Å². The first-order valence-corrected chi connectivity index (χ1v) is 8.90. The zero-order chi connectivity index (χ0) is 20.1. The number of ether oxygens (including phenoxy) is 2. The van der Waals surface area contributed by atoms with Crippen molar-refractivity contribution in [3.8, 4) is 11.5 Å². The molecule has 1 amide bonds. The highest BCUT2D eigenvalue weighted by Gasteiger charge is 2.11. The van der Waals surface area contributed by atoms with Gasteiger partial charge in [0.15, 0.2) is 11.5 Å². The third-order valence-electron chi connectivity index (χ3n) is 4.13. The summed E-state index contributed by atoms with van der Waals surface area (Å²) in [4.78, 5) is 16.8. The lowest BCUT2D eigenvalue weighted by molar-refractivity contribution is 0.102. The van der Waals surface area contributed by atoms with Crippen LogP contribution in [0.25, 0.3) is 0 Å². The molecule has 0 unspecified atom stereocenters. The highest BCUT2D eigenvalue weighted by Crippen LogP contribution is 2.28. The van der Waals surface area contributed by atoms with E-state index < -0.39 is 0 Å². The van der Waals surface area contributed by atoms with Crippen molar-refractivity contribution in [1.82, 2.24) is 4.98 Å². The zero-order valence-corrected chi connectivity index (χ0v) is 16.5. The van der Waals surface area contributed by atoms with Crippen LogP contribution in [0.3, 0.4) is 0 Å².